The summed E-state index contributed by atoms with van der Waals surface area (Å²) in [6.45, 7) is 5.82. The van der Waals surface area contributed by atoms with Crippen molar-refractivity contribution in [3.63, 3.8) is 0 Å². The molecule has 1 aliphatic carbocycles. The third-order valence-electron chi connectivity index (χ3n) is 5.61. The zero-order valence-corrected chi connectivity index (χ0v) is 18.0. The molecule has 2 aliphatic rings. The van der Waals surface area contributed by atoms with Crippen LogP contribution in [0.15, 0.2) is 40.5 Å². The second-order valence-corrected chi connectivity index (χ2v) is 8.40. The predicted molar refractivity (Wildman–Crippen MR) is 114 cm³/mol. The highest BCUT2D eigenvalue weighted by atomic mass is 79.9. The largest absolute Gasteiger partial charge is 0.450 e. The number of piperidine rings is 1. The molecule has 4 rings (SSSR count). The van der Waals surface area contributed by atoms with E-state index in [-0.39, 0.29) is 6.09 Å². The van der Waals surface area contributed by atoms with Crippen molar-refractivity contribution in [2.45, 2.75) is 39.5 Å². The van der Waals surface area contributed by atoms with Gasteiger partial charge in [-0.05, 0) is 78.2 Å². The molecule has 1 aliphatic heterocycles. The van der Waals surface area contributed by atoms with Crippen LogP contribution in [0.2, 0.25) is 0 Å². The van der Waals surface area contributed by atoms with Crippen molar-refractivity contribution >= 4 is 27.6 Å². The first-order valence-corrected chi connectivity index (χ1v) is 10.7. The molecule has 0 unspecified atom stereocenters. The third kappa shape index (κ3) is 3.72. The van der Waals surface area contributed by atoms with Crippen LogP contribution in [0.25, 0.3) is 5.57 Å². The lowest BCUT2D eigenvalue weighted by Gasteiger charge is -2.29. The summed E-state index contributed by atoms with van der Waals surface area (Å²) in [5.74, 6) is 0. The predicted octanol–water partition coefficient (Wildman–Crippen LogP) is 5.31. The van der Waals surface area contributed by atoms with E-state index in [0.717, 1.165) is 35.8 Å². The summed E-state index contributed by atoms with van der Waals surface area (Å²) in [7, 11) is 0. The molecule has 2 heterocycles. The molecule has 0 spiro atoms. The second kappa shape index (κ2) is 8.08. The minimum atomic E-state index is -0.203. The molecule has 0 radical (unpaired) electrons. The molecule has 2 aromatic rings. The Hall–Kier alpha value is -2.14. The standard InChI is InChI=1S/C23H25BrN2O2/c1-3-28-23(27)26-10-8-16(9-11-26)21-20-7-4-15(2)12-17(20)5-6-18-13-19(24)14-25-22(18)21/h4,7,12-14H,3,5-6,8-11H2,1-2H3. The van der Waals surface area contributed by atoms with Crippen molar-refractivity contribution in [1.82, 2.24) is 9.88 Å². The van der Waals surface area contributed by atoms with Gasteiger partial charge >= 0.3 is 6.09 Å². The molecule has 1 saturated heterocycles. The number of nitrogens with zero attached hydrogens (tertiary/aromatic N) is 2. The fourth-order valence-electron chi connectivity index (χ4n) is 4.25. The third-order valence-corrected chi connectivity index (χ3v) is 6.04. The van der Waals surface area contributed by atoms with E-state index in [2.05, 4.69) is 47.1 Å². The molecule has 1 amide bonds. The van der Waals surface area contributed by atoms with Gasteiger partial charge < -0.3 is 9.64 Å². The number of carbonyl (C=O) groups excluding carboxylic acids is 1. The van der Waals surface area contributed by atoms with Crippen LogP contribution >= 0.6 is 15.9 Å². The Morgan fingerprint density at radius 2 is 1.89 bits per heavy atom. The number of rotatable bonds is 1. The number of fused-ring (bicyclic) bond motifs is 2. The monoisotopic (exact) mass is 440 g/mol. The minimum Gasteiger partial charge on any atom is -0.450 e. The molecule has 0 saturated carbocycles. The molecule has 1 aromatic carbocycles. The Morgan fingerprint density at radius 1 is 1.14 bits per heavy atom. The number of aromatic nitrogens is 1. The molecular formula is C23H25BrN2O2. The molecule has 28 heavy (non-hydrogen) atoms. The van der Waals surface area contributed by atoms with Gasteiger partial charge in [0.05, 0.1) is 12.3 Å². The quantitative estimate of drug-likeness (QED) is 0.603. The summed E-state index contributed by atoms with van der Waals surface area (Å²) < 4.78 is 6.20. The highest BCUT2D eigenvalue weighted by molar-refractivity contribution is 9.10. The number of benzene rings is 1. The maximum absolute atomic E-state index is 12.1. The summed E-state index contributed by atoms with van der Waals surface area (Å²) in [6, 6.07) is 8.96. The van der Waals surface area contributed by atoms with E-state index < -0.39 is 0 Å². The first kappa shape index (κ1) is 19.2. The van der Waals surface area contributed by atoms with Crippen LogP contribution in [0.4, 0.5) is 4.79 Å². The van der Waals surface area contributed by atoms with E-state index in [1.165, 1.54) is 33.4 Å². The number of hydrogen-bond donors (Lipinski definition) is 0. The maximum atomic E-state index is 12.1. The molecule has 1 aromatic heterocycles. The fraction of sp³-hybridized carbons (Fsp3) is 0.391. The summed E-state index contributed by atoms with van der Waals surface area (Å²) in [4.78, 5) is 18.7. The van der Waals surface area contributed by atoms with Crippen molar-refractivity contribution in [3.05, 3.63) is 68.5 Å². The molecule has 5 heteroatoms. The topological polar surface area (TPSA) is 42.4 Å². The molecule has 0 atom stereocenters. The van der Waals surface area contributed by atoms with Crippen LogP contribution in [-0.2, 0) is 17.6 Å². The lowest BCUT2D eigenvalue weighted by Crippen LogP contribution is -2.37. The smallest absolute Gasteiger partial charge is 0.409 e. The van der Waals surface area contributed by atoms with E-state index in [1.54, 1.807) is 0 Å². The van der Waals surface area contributed by atoms with Crippen molar-refractivity contribution in [2.24, 2.45) is 0 Å². The number of hydrogen-bond acceptors (Lipinski definition) is 3. The van der Waals surface area contributed by atoms with E-state index in [0.29, 0.717) is 19.7 Å². The van der Waals surface area contributed by atoms with E-state index in [9.17, 15) is 4.79 Å². The van der Waals surface area contributed by atoms with Gasteiger partial charge in [-0.3, -0.25) is 4.98 Å². The Labute approximate surface area is 174 Å². The molecule has 0 N–H and O–H groups in total. The van der Waals surface area contributed by atoms with Crippen molar-refractivity contribution < 1.29 is 9.53 Å². The maximum Gasteiger partial charge on any atom is 0.409 e. The molecule has 1 fully saturated rings. The average molecular weight is 441 g/mol. The number of ether oxygens (including phenoxy) is 1. The van der Waals surface area contributed by atoms with Gasteiger partial charge in [0.2, 0.25) is 0 Å². The van der Waals surface area contributed by atoms with Crippen molar-refractivity contribution in [3.8, 4) is 0 Å². The number of pyridine rings is 1. The molecular weight excluding hydrogens is 416 g/mol. The lowest BCUT2D eigenvalue weighted by molar-refractivity contribution is 0.104. The van der Waals surface area contributed by atoms with Gasteiger partial charge in [-0.1, -0.05) is 29.3 Å². The number of aryl methyl sites for hydroxylation is 3. The van der Waals surface area contributed by atoms with Gasteiger partial charge in [0.15, 0.2) is 0 Å². The van der Waals surface area contributed by atoms with Crippen LogP contribution in [0.1, 0.15) is 47.7 Å². The van der Waals surface area contributed by atoms with Gasteiger partial charge in [0.25, 0.3) is 0 Å². The molecule has 0 bridgehead atoms. The zero-order valence-electron chi connectivity index (χ0n) is 16.4. The van der Waals surface area contributed by atoms with Gasteiger partial charge in [-0.25, -0.2) is 4.79 Å². The van der Waals surface area contributed by atoms with Gasteiger partial charge in [0, 0.05) is 29.3 Å². The van der Waals surface area contributed by atoms with Crippen LogP contribution in [0.5, 0.6) is 0 Å². The first-order valence-electron chi connectivity index (χ1n) is 9.95. The highest BCUT2D eigenvalue weighted by Crippen LogP contribution is 2.38. The Kier molecular flexibility index (Phi) is 5.54. The summed E-state index contributed by atoms with van der Waals surface area (Å²) >= 11 is 3.58. The fourth-order valence-corrected chi connectivity index (χ4v) is 4.63. The molecule has 4 nitrogen and oxygen atoms in total. The van der Waals surface area contributed by atoms with Gasteiger partial charge in [0.1, 0.15) is 0 Å². The summed E-state index contributed by atoms with van der Waals surface area (Å²) in [5.41, 5.74) is 9.05. The van der Waals surface area contributed by atoms with Crippen LogP contribution < -0.4 is 0 Å². The normalized spacial score (nSPS) is 16.3. The van der Waals surface area contributed by atoms with Crippen LogP contribution in [0, 0.1) is 6.92 Å². The van der Waals surface area contributed by atoms with Crippen LogP contribution in [-0.4, -0.2) is 35.7 Å². The molecule has 146 valence electrons. The van der Waals surface area contributed by atoms with Crippen LogP contribution in [0.3, 0.4) is 0 Å². The first-order chi connectivity index (χ1) is 13.6. The number of likely N-dealkylation sites (tertiary alicyclic amines) is 1. The Morgan fingerprint density at radius 3 is 2.64 bits per heavy atom. The summed E-state index contributed by atoms with van der Waals surface area (Å²) in [6.07, 6.45) is 5.42. The lowest BCUT2D eigenvalue weighted by atomic mass is 9.88. The van der Waals surface area contributed by atoms with Crippen molar-refractivity contribution in [1.29, 1.82) is 0 Å². The Balaban J connectivity index is 1.77. The van der Waals surface area contributed by atoms with Gasteiger partial charge in [-0.2, -0.15) is 0 Å². The highest BCUT2D eigenvalue weighted by Gasteiger charge is 2.27. The van der Waals surface area contributed by atoms with E-state index in [1.807, 2.05) is 18.0 Å². The van der Waals surface area contributed by atoms with E-state index in [4.69, 9.17) is 9.72 Å². The average Bonchev–Trinajstić information content (AvgIpc) is 2.84. The minimum absolute atomic E-state index is 0.203. The number of halogens is 1. The second-order valence-electron chi connectivity index (χ2n) is 7.49. The Bertz CT molecular complexity index is 886. The number of amides is 1. The zero-order chi connectivity index (χ0) is 19.7. The summed E-state index contributed by atoms with van der Waals surface area (Å²) in [5, 5.41) is 0. The SMILES string of the molecule is CCOC(=O)N1CCC(=C2c3ccc(C)cc3CCc3cc(Br)cnc32)CC1. The van der Waals surface area contributed by atoms with E-state index >= 15 is 0 Å². The number of carbonyl (C=O) groups is 1. The van der Waals surface area contributed by atoms with Crippen molar-refractivity contribution in [2.75, 3.05) is 19.7 Å². The van der Waals surface area contributed by atoms with Gasteiger partial charge in [-0.15, -0.1) is 0 Å².